The van der Waals surface area contributed by atoms with Gasteiger partial charge in [0.05, 0.1) is 10.6 Å². The van der Waals surface area contributed by atoms with Crippen molar-refractivity contribution in [2.75, 3.05) is 13.1 Å². The molecule has 1 unspecified atom stereocenters. The standard InChI is InChI=1S/C19H20ClFN2O4/c1-11-16(18(22-27-11)17-13(20)5-2-6-14(17)21)19(26)23-9-3-4-12(10-23)7-8-15(24)25/h2,5-6,12H,3-4,7-10H2,1H3,(H,24,25). The van der Waals surface area contributed by atoms with Crippen LogP contribution in [0.3, 0.4) is 0 Å². The first-order chi connectivity index (χ1) is 12.9. The van der Waals surface area contributed by atoms with Crippen molar-refractivity contribution in [2.24, 2.45) is 5.92 Å². The maximum atomic E-state index is 14.3. The van der Waals surface area contributed by atoms with Gasteiger partial charge in [0, 0.05) is 19.5 Å². The first-order valence-corrected chi connectivity index (χ1v) is 9.18. The van der Waals surface area contributed by atoms with Gasteiger partial charge >= 0.3 is 5.97 Å². The van der Waals surface area contributed by atoms with E-state index in [9.17, 15) is 14.0 Å². The lowest BCUT2D eigenvalue weighted by Gasteiger charge is -2.32. The topological polar surface area (TPSA) is 83.6 Å². The molecule has 0 saturated carbocycles. The summed E-state index contributed by atoms with van der Waals surface area (Å²) in [6.45, 7) is 2.61. The number of carbonyl (C=O) groups excluding carboxylic acids is 1. The van der Waals surface area contributed by atoms with Crippen LogP contribution in [0.1, 0.15) is 41.8 Å². The van der Waals surface area contributed by atoms with Gasteiger partial charge in [-0.2, -0.15) is 0 Å². The maximum absolute atomic E-state index is 14.3. The van der Waals surface area contributed by atoms with Crippen molar-refractivity contribution in [3.05, 3.63) is 40.4 Å². The third-order valence-electron chi connectivity index (χ3n) is 4.85. The highest BCUT2D eigenvalue weighted by atomic mass is 35.5. The first kappa shape index (κ1) is 19.4. The van der Waals surface area contributed by atoms with Gasteiger partial charge in [-0.1, -0.05) is 22.8 Å². The van der Waals surface area contributed by atoms with E-state index in [4.69, 9.17) is 21.2 Å². The molecule has 144 valence electrons. The fourth-order valence-electron chi connectivity index (χ4n) is 3.49. The van der Waals surface area contributed by atoms with Gasteiger partial charge in [0.25, 0.3) is 5.91 Å². The summed E-state index contributed by atoms with van der Waals surface area (Å²) in [4.78, 5) is 25.6. The van der Waals surface area contributed by atoms with Gasteiger partial charge < -0.3 is 14.5 Å². The number of hydrogen-bond donors (Lipinski definition) is 1. The summed E-state index contributed by atoms with van der Waals surface area (Å²) < 4.78 is 19.5. The molecule has 2 aromatic rings. The van der Waals surface area contributed by atoms with Crippen molar-refractivity contribution < 1.29 is 23.6 Å². The number of hydrogen-bond acceptors (Lipinski definition) is 4. The molecule has 3 rings (SSSR count). The molecule has 1 aromatic carbocycles. The fraction of sp³-hybridized carbons (Fsp3) is 0.421. The Morgan fingerprint density at radius 2 is 2.22 bits per heavy atom. The molecule has 0 bridgehead atoms. The number of aliphatic carboxylic acids is 1. The number of benzene rings is 1. The lowest BCUT2D eigenvalue weighted by molar-refractivity contribution is -0.137. The molecule has 1 aliphatic heterocycles. The normalized spacial score (nSPS) is 17.1. The van der Waals surface area contributed by atoms with Crippen molar-refractivity contribution in [1.82, 2.24) is 10.1 Å². The molecule has 1 aliphatic rings. The van der Waals surface area contributed by atoms with Crippen LogP contribution in [0.15, 0.2) is 22.7 Å². The van der Waals surface area contributed by atoms with E-state index in [1.54, 1.807) is 11.8 Å². The number of piperidine rings is 1. The number of aromatic nitrogens is 1. The predicted octanol–water partition coefficient (Wildman–Crippen LogP) is 4.16. The van der Waals surface area contributed by atoms with Crippen LogP contribution in [-0.2, 0) is 4.79 Å². The molecule has 27 heavy (non-hydrogen) atoms. The van der Waals surface area contributed by atoms with Crippen molar-refractivity contribution in [3.63, 3.8) is 0 Å². The minimum Gasteiger partial charge on any atom is -0.481 e. The minimum absolute atomic E-state index is 0.0406. The molecule has 0 spiro atoms. The fourth-order valence-corrected chi connectivity index (χ4v) is 3.74. The third-order valence-corrected chi connectivity index (χ3v) is 5.16. The number of carboxylic acids is 1. The number of likely N-dealkylation sites (tertiary alicyclic amines) is 1. The molecule has 1 saturated heterocycles. The van der Waals surface area contributed by atoms with Crippen LogP contribution in [0.25, 0.3) is 11.3 Å². The Balaban J connectivity index is 1.87. The zero-order chi connectivity index (χ0) is 19.6. The van der Waals surface area contributed by atoms with E-state index < -0.39 is 11.8 Å². The van der Waals surface area contributed by atoms with Gasteiger partial charge in [-0.3, -0.25) is 9.59 Å². The molecular weight excluding hydrogens is 375 g/mol. The Bertz CT molecular complexity index is 847. The third kappa shape index (κ3) is 4.13. The van der Waals surface area contributed by atoms with Gasteiger partial charge in [-0.05, 0) is 44.2 Å². The second kappa shape index (κ2) is 8.08. The van der Waals surface area contributed by atoms with E-state index in [2.05, 4.69) is 5.16 Å². The summed E-state index contributed by atoms with van der Waals surface area (Å²) in [5.74, 6) is -1.31. The largest absolute Gasteiger partial charge is 0.481 e. The molecule has 0 aliphatic carbocycles. The van der Waals surface area contributed by atoms with Crippen LogP contribution < -0.4 is 0 Å². The Kier molecular flexibility index (Phi) is 5.79. The summed E-state index contributed by atoms with van der Waals surface area (Å²) in [5.41, 5.74) is 0.327. The second-order valence-corrected chi connectivity index (χ2v) is 7.16. The van der Waals surface area contributed by atoms with Gasteiger partial charge in [0.15, 0.2) is 0 Å². The van der Waals surface area contributed by atoms with Crippen LogP contribution in [0.2, 0.25) is 5.02 Å². The molecular formula is C19H20ClFN2O4. The highest BCUT2D eigenvalue weighted by molar-refractivity contribution is 6.33. The van der Waals surface area contributed by atoms with E-state index in [1.807, 2.05) is 0 Å². The first-order valence-electron chi connectivity index (χ1n) is 8.80. The highest BCUT2D eigenvalue weighted by Gasteiger charge is 2.31. The van der Waals surface area contributed by atoms with Crippen molar-refractivity contribution >= 4 is 23.5 Å². The summed E-state index contributed by atoms with van der Waals surface area (Å²) >= 11 is 6.13. The van der Waals surface area contributed by atoms with Crippen molar-refractivity contribution in [3.8, 4) is 11.3 Å². The van der Waals surface area contributed by atoms with E-state index in [-0.39, 0.29) is 40.1 Å². The quantitative estimate of drug-likeness (QED) is 0.823. The molecule has 1 aromatic heterocycles. The summed E-state index contributed by atoms with van der Waals surface area (Å²) in [6, 6.07) is 4.26. The van der Waals surface area contributed by atoms with E-state index in [0.29, 0.717) is 25.3 Å². The summed E-state index contributed by atoms with van der Waals surface area (Å²) in [6.07, 6.45) is 2.27. The van der Waals surface area contributed by atoms with Gasteiger partial charge in [0.2, 0.25) is 0 Å². The molecule has 1 amide bonds. The lowest BCUT2D eigenvalue weighted by atomic mass is 9.92. The Morgan fingerprint density at radius 3 is 2.93 bits per heavy atom. The van der Waals surface area contributed by atoms with E-state index >= 15 is 0 Å². The Morgan fingerprint density at radius 1 is 1.44 bits per heavy atom. The Labute approximate surface area is 160 Å². The SMILES string of the molecule is Cc1onc(-c2c(F)cccc2Cl)c1C(=O)N1CCCC(CCC(=O)O)C1. The maximum Gasteiger partial charge on any atom is 0.303 e. The van der Waals surface area contributed by atoms with Crippen LogP contribution in [0, 0.1) is 18.7 Å². The number of carboxylic acid groups (broad SMARTS) is 1. The number of nitrogens with zero attached hydrogens (tertiary/aromatic N) is 2. The number of rotatable bonds is 5. The molecule has 1 atom stereocenters. The zero-order valence-corrected chi connectivity index (χ0v) is 15.6. The molecule has 1 N–H and O–H groups in total. The highest BCUT2D eigenvalue weighted by Crippen LogP contribution is 2.34. The average Bonchev–Trinajstić information content (AvgIpc) is 3.00. The Hall–Kier alpha value is -2.41. The molecule has 2 heterocycles. The number of carbonyl (C=O) groups is 2. The molecule has 8 heteroatoms. The van der Waals surface area contributed by atoms with Crippen LogP contribution in [0.4, 0.5) is 4.39 Å². The molecule has 1 fully saturated rings. The van der Waals surface area contributed by atoms with Crippen molar-refractivity contribution in [1.29, 1.82) is 0 Å². The number of aryl methyl sites for hydroxylation is 1. The van der Waals surface area contributed by atoms with Gasteiger partial charge in [-0.15, -0.1) is 0 Å². The van der Waals surface area contributed by atoms with E-state index in [0.717, 1.165) is 12.8 Å². The lowest BCUT2D eigenvalue weighted by Crippen LogP contribution is -2.40. The monoisotopic (exact) mass is 394 g/mol. The summed E-state index contributed by atoms with van der Waals surface area (Å²) in [5, 5.41) is 12.9. The van der Waals surface area contributed by atoms with Gasteiger partial charge in [0.1, 0.15) is 22.8 Å². The summed E-state index contributed by atoms with van der Waals surface area (Å²) in [7, 11) is 0. The van der Waals surface area contributed by atoms with Gasteiger partial charge in [-0.25, -0.2) is 4.39 Å². The smallest absolute Gasteiger partial charge is 0.303 e. The minimum atomic E-state index is -0.843. The second-order valence-electron chi connectivity index (χ2n) is 6.75. The van der Waals surface area contributed by atoms with Crippen molar-refractivity contribution in [2.45, 2.75) is 32.6 Å². The number of amides is 1. The predicted molar refractivity (Wildman–Crippen MR) is 97.1 cm³/mol. The van der Waals surface area contributed by atoms with Crippen LogP contribution in [0.5, 0.6) is 0 Å². The zero-order valence-electron chi connectivity index (χ0n) is 14.9. The molecule has 0 radical (unpaired) electrons. The van der Waals surface area contributed by atoms with E-state index in [1.165, 1.54) is 18.2 Å². The number of halogens is 2. The molecule has 6 nitrogen and oxygen atoms in total. The van der Waals surface area contributed by atoms with Crippen LogP contribution in [-0.4, -0.2) is 40.1 Å². The average molecular weight is 395 g/mol. The van der Waals surface area contributed by atoms with Crippen LogP contribution >= 0.6 is 11.6 Å².